The molecule has 0 aliphatic carbocycles. The van der Waals surface area contributed by atoms with E-state index in [1.807, 2.05) is 18.0 Å². The van der Waals surface area contributed by atoms with E-state index in [0.29, 0.717) is 19.0 Å². The van der Waals surface area contributed by atoms with Crippen LogP contribution in [0, 0.1) is 5.92 Å². The van der Waals surface area contributed by atoms with Crippen LogP contribution in [-0.4, -0.2) is 63.0 Å². The van der Waals surface area contributed by atoms with Gasteiger partial charge in [-0.25, -0.2) is 14.8 Å². The molecule has 2 aromatic heterocycles. The number of amides is 1. The lowest BCUT2D eigenvalue weighted by atomic mass is 9.92. The highest BCUT2D eigenvalue weighted by Gasteiger charge is 2.34. The fourth-order valence-electron chi connectivity index (χ4n) is 3.17. The summed E-state index contributed by atoms with van der Waals surface area (Å²) in [7, 11) is 1.92. The second kappa shape index (κ2) is 5.86. The van der Waals surface area contributed by atoms with Gasteiger partial charge in [-0.05, 0) is 18.4 Å². The number of H-pyrrole nitrogens is 1. The normalized spacial score (nSPS) is 21.4. The third-order valence-electron chi connectivity index (χ3n) is 4.55. The molecular weight excluding hydrogens is 298 g/mol. The minimum atomic E-state index is -1.41. The summed E-state index contributed by atoms with van der Waals surface area (Å²) in [6.45, 7) is 2.96. The maximum atomic E-state index is 11.8. The number of carboxylic acid groups (broad SMARTS) is 1. The highest BCUT2D eigenvalue weighted by Crippen LogP contribution is 2.28. The molecule has 122 valence electrons. The van der Waals surface area contributed by atoms with Gasteiger partial charge in [-0.15, -0.1) is 0 Å². The molecule has 0 aromatic carbocycles. The van der Waals surface area contributed by atoms with E-state index in [1.165, 1.54) is 11.2 Å². The van der Waals surface area contributed by atoms with E-state index in [4.69, 9.17) is 5.11 Å². The Morgan fingerprint density at radius 1 is 1.43 bits per heavy atom. The number of aliphatic carboxylic acids is 1. The minimum absolute atomic E-state index is 0.0000463. The van der Waals surface area contributed by atoms with Crippen molar-refractivity contribution in [2.75, 3.05) is 25.0 Å². The van der Waals surface area contributed by atoms with Crippen LogP contribution in [0.1, 0.15) is 13.3 Å². The summed E-state index contributed by atoms with van der Waals surface area (Å²) in [6, 6.07) is 1.91. The molecule has 8 heteroatoms. The van der Waals surface area contributed by atoms with E-state index in [-0.39, 0.29) is 6.04 Å². The third-order valence-corrected chi connectivity index (χ3v) is 4.55. The number of piperidine rings is 1. The molecule has 0 bridgehead atoms. The second-order valence-corrected chi connectivity index (χ2v) is 5.94. The van der Waals surface area contributed by atoms with Crippen LogP contribution in [0.4, 0.5) is 5.82 Å². The number of nitrogens with one attached hydrogen (secondary N) is 1. The molecule has 3 heterocycles. The van der Waals surface area contributed by atoms with E-state index >= 15 is 0 Å². The van der Waals surface area contributed by atoms with Gasteiger partial charge >= 0.3 is 11.9 Å². The molecule has 2 aromatic rings. The zero-order valence-corrected chi connectivity index (χ0v) is 13.1. The first-order chi connectivity index (χ1) is 11.0. The summed E-state index contributed by atoms with van der Waals surface area (Å²) in [5.74, 6) is -1.15. The number of likely N-dealkylation sites (tertiary alicyclic amines) is 1. The molecule has 0 saturated carbocycles. The van der Waals surface area contributed by atoms with Crippen LogP contribution < -0.4 is 4.90 Å². The monoisotopic (exact) mass is 317 g/mol. The number of hydrogen-bond acceptors (Lipinski definition) is 5. The average molecular weight is 317 g/mol. The highest BCUT2D eigenvalue weighted by molar-refractivity contribution is 6.31. The van der Waals surface area contributed by atoms with E-state index in [2.05, 4.69) is 21.9 Å². The molecule has 1 aliphatic heterocycles. The van der Waals surface area contributed by atoms with Crippen molar-refractivity contribution in [1.82, 2.24) is 19.9 Å². The number of fused-ring (bicyclic) bond motifs is 1. The summed E-state index contributed by atoms with van der Waals surface area (Å²) in [6.07, 6.45) is 4.06. The minimum Gasteiger partial charge on any atom is -0.474 e. The Morgan fingerprint density at radius 2 is 2.22 bits per heavy atom. The summed E-state index contributed by atoms with van der Waals surface area (Å²) >= 11 is 0. The topological polar surface area (TPSA) is 102 Å². The number of likely N-dealkylation sites (N-methyl/N-ethyl adjacent to an activating group) is 1. The van der Waals surface area contributed by atoms with Gasteiger partial charge in [0.05, 0.1) is 11.4 Å². The number of hydrogen-bond donors (Lipinski definition) is 2. The molecular formula is C15H19N5O3. The van der Waals surface area contributed by atoms with E-state index in [1.54, 1.807) is 6.20 Å². The van der Waals surface area contributed by atoms with Gasteiger partial charge in [-0.2, -0.15) is 0 Å². The lowest BCUT2D eigenvalue weighted by Gasteiger charge is -2.41. The predicted molar refractivity (Wildman–Crippen MR) is 84.1 cm³/mol. The van der Waals surface area contributed by atoms with Gasteiger partial charge in [0.1, 0.15) is 17.8 Å². The Bertz CT molecular complexity index is 744. The zero-order chi connectivity index (χ0) is 16.6. The highest BCUT2D eigenvalue weighted by atomic mass is 16.4. The summed E-state index contributed by atoms with van der Waals surface area (Å²) < 4.78 is 0. The van der Waals surface area contributed by atoms with Gasteiger partial charge in [0.15, 0.2) is 0 Å². The van der Waals surface area contributed by atoms with E-state index < -0.39 is 11.9 Å². The first-order valence-electron chi connectivity index (χ1n) is 7.52. The Balaban J connectivity index is 1.88. The second-order valence-electron chi connectivity index (χ2n) is 5.94. The standard InChI is InChI=1S/C15H19N5O3/c1-9-4-6-20(14(21)15(22)23)7-11(9)19(2)13-10-3-5-16-12(10)17-8-18-13/h3,5,8-9,11H,4,6-7H2,1-2H3,(H,22,23)(H,16,17,18)/t9-,11+/m1/s1. The number of nitrogens with zero attached hydrogens (tertiary/aromatic N) is 4. The smallest absolute Gasteiger partial charge is 0.394 e. The van der Waals surface area contributed by atoms with E-state index in [9.17, 15) is 9.59 Å². The molecule has 1 amide bonds. The van der Waals surface area contributed by atoms with Crippen LogP contribution in [0.5, 0.6) is 0 Å². The first-order valence-corrected chi connectivity index (χ1v) is 7.52. The quantitative estimate of drug-likeness (QED) is 0.791. The molecule has 0 spiro atoms. The van der Waals surface area contributed by atoms with Gasteiger partial charge in [-0.1, -0.05) is 6.92 Å². The Hall–Kier alpha value is -2.64. The molecule has 3 rings (SSSR count). The van der Waals surface area contributed by atoms with Crippen LogP contribution in [-0.2, 0) is 9.59 Å². The van der Waals surface area contributed by atoms with E-state index in [0.717, 1.165) is 23.3 Å². The maximum Gasteiger partial charge on any atom is 0.394 e. The largest absolute Gasteiger partial charge is 0.474 e. The van der Waals surface area contributed by atoms with Gasteiger partial charge in [-0.3, -0.25) is 4.79 Å². The molecule has 23 heavy (non-hydrogen) atoms. The third kappa shape index (κ3) is 2.71. The van der Waals surface area contributed by atoms with Gasteiger partial charge in [0.25, 0.3) is 0 Å². The van der Waals surface area contributed by atoms with Crippen molar-refractivity contribution < 1.29 is 14.7 Å². The maximum absolute atomic E-state index is 11.8. The summed E-state index contributed by atoms with van der Waals surface area (Å²) in [5, 5.41) is 9.83. The van der Waals surface area contributed by atoms with Crippen molar-refractivity contribution in [2.45, 2.75) is 19.4 Å². The van der Waals surface area contributed by atoms with Crippen molar-refractivity contribution in [3.8, 4) is 0 Å². The Kier molecular flexibility index (Phi) is 3.89. The fourth-order valence-corrected chi connectivity index (χ4v) is 3.17. The van der Waals surface area contributed by atoms with Gasteiger partial charge in [0, 0.05) is 26.3 Å². The van der Waals surface area contributed by atoms with Crippen molar-refractivity contribution in [3.05, 3.63) is 18.6 Å². The predicted octanol–water partition coefficient (Wildman–Crippen LogP) is 0.716. The van der Waals surface area contributed by atoms with Crippen molar-refractivity contribution in [2.24, 2.45) is 5.92 Å². The van der Waals surface area contributed by atoms with Crippen molar-refractivity contribution in [1.29, 1.82) is 0 Å². The van der Waals surface area contributed by atoms with Gasteiger partial charge in [0.2, 0.25) is 0 Å². The number of rotatable bonds is 2. The molecule has 2 atom stereocenters. The molecule has 0 unspecified atom stereocenters. The number of carboxylic acids is 1. The molecule has 1 saturated heterocycles. The molecule has 0 radical (unpaired) electrons. The summed E-state index contributed by atoms with van der Waals surface area (Å²) in [5.41, 5.74) is 0.754. The molecule has 1 aliphatic rings. The SMILES string of the molecule is C[C@@H]1CCN(C(=O)C(=O)O)C[C@@H]1N(C)c1ncnc2[nH]ccc12. The van der Waals surface area contributed by atoms with Gasteiger partial charge < -0.3 is 19.9 Å². The summed E-state index contributed by atoms with van der Waals surface area (Å²) in [4.78, 5) is 37.7. The number of anilines is 1. The molecule has 1 fully saturated rings. The Morgan fingerprint density at radius 3 is 2.96 bits per heavy atom. The van der Waals surface area contributed by atoms with Crippen molar-refractivity contribution in [3.63, 3.8) is 0 Å². The molecule has 2 N–H and O–H groups in total. The molecule has 8 nitrogen and oxygen atoms in total. The lowest BCUT2D eigenvalue weighted by molar-refractivity contribution is -0.156. The van der Waals surface area contributed by atoms with Crippen LogP contribution >= 0.6 is 0 Å². The Labute approximate surface area is 133 Å². The van der Waals surface area contributed by atoms with Crippen LogP contribution in [0.15, 0.2) is 18.6 Å². The number of carbonyl (C=O) groups excluding carboxylic acids is 1. The first kappa shape index (κ1) is 15.3. The zero-order valence-electron chi connectivity index (χ0n) is 13.1. The number of carbonyl (C=O) groups is 2. The van der Waals surface area contributed by atoms with Crippen LogP contribution in [0.25, 0.3) is 11.0 Å². The van der Waals surface area contributed by atoms with Crippen molar-refractivity contribution >= 4 is 28.7 Å². The van der Waals surface area contributed by atoms with Crippen LogP contribution in [0.3, 0.4) is 0 Å². The fraction of sp³-hybridized carbons (Fsp3) is 0.467. The number of aromatic nitrogens is 3. The average Bonchev–Trinajstić information content (AvgIpc) is 3.02. The number of aromatic amines is 1. The lowest BCUT2D eigenvalue weighted by Crippen LogP contribution is -2.54. The van der Waals surface area contributed by atoms with Crippen LogP contribution in [0.2, 0.25) is 0 Å².